The average Bonchev–Trinajstić information content (AvgIpc) is 2.50. The number of nitriles is 1. The van der Waals surface area contributed by atoms with E-state index in [9.17, 15) is 9.18 Å². The van der Waals surface area contributed by atoms with Gasteiger partial charge in [0.05, 0.1) is 11.3 Å². The van der Waals surface area contributed by atoms with E-state index < -0.39 is 17.8 Å². The number of hydrogen-bond acceptors (Lipinski definition) is 3. The molecule has 0 aliphatic carbocycles. The highest BCUT2D eigenvalue weighted by Crippen LogP contribution is 2.21. The molecule has 2 rings (SSSR count). The van der Waals surface area contributed by atoms with Gasteiger partial charge >= 0.3 is 0 Å². The van der Waals surface area contributed by atoms with E-state index in [4.69, 9.17) is 10.00 Å². The number of ether oxygens (including phenoxy) is 1. The molecule has 0 spiro atoms. The number of carbonyl (C=O) groups is 1. The minimum Gasteiger partial charge on any atom is -0.480 e. The molecule has 0 radical (unpaired) electrons. The second-order valence-corrected chi connectivity index (χ2v) is 5.40. The molecule has 0 aliphatic rings. The zero-order chi connectivity index (χ0) is 16.1. The molecule has 4 nitrogen and oxygen atoms in total. The van der Waals surface area contributed by atoms with Crippen LogP contribution < -0.4 is 10.1 Å². The molecule has 2 aromatic rings. The van der Waals surface area contributed by atoms with Crippen LogP contribution in [0.4, 0.5) is 10.1 Å². The molecule has 112 valence electrons. The Labute approximate surface area is 135 Å². The summed E-state index contributed by atoms with van der Waals surface area (Å²) in [5, 5.41) is 11.4. The number of anilines is 1. The van der Waals surface area contributed by atoms with Crippen molar-refractivity contribution >= 4 is 27.5 Å². The monoisotopic (exact) mass is 362 g/mol. The number of hydrogen-bond donors (Lipinski definition) is 1. The molecule has 1 amide bonds. The van der Waals surface area contributed by atoms with Gasteiger partial charge in [-0.05, 0) is 37.3 Å². The van der Waals surface area contributed by atoms with Crippen molar-refractivity contribution in [3.63, 3.8) is 0 Å². The van der Waals surface area contributed by atoms with Crippen molar-refractivity contribution < 1.29 is 13.9 Å². The largest absolute Gasteiger partial charge is 0.480 e. The van der Waals surface area contributed by atoms with Crippen LogP contribution >= 0.6 is 15.9 Å². The van der Waals surface area contributed by atoms with Gasteiger partial charge in [-0.1, -0.05) is 28.1 Å². The minimum absolute atomic E-state index is 0.0669. The van der Waals surface area contributed by atoms with E-state index in [0.717, 1.165) is 0 Å². The van der Waals surface area contributed by atoms with Gasteiger partial charge in [-0.3, -0.25) is 4.79 Å². The molecular weight excluding hydrogens is 351 g/mol. The summed E-state index contributed by atoms with van der Waals surface area (Å²) >= 11 is 3.14. The molecule has 0 saturated heterocycles. The predicted molar refractivity (Wildman–Crippen MR) is 84.0 cm³/mol. The summed E-state index contributed by atoms with van der Waals surface area (Å²) in [7, 11) is 0. The second kappa shape index (κ2) is 7.05. The first-order valence-electron chi connectivity index (χ1n) is 6.43. The lowest BCUT2D eigenvalue weighted by Crippen LogP contribution is -2.30. The topological polar surface area (TPSA) is 62.1 Å². The summed E-state index contributed by atoms with van der Waals surface area (Å²) in [6.07, 6.45) is -0.877. The Balaban J connectivity index is 2.08. The molecule has 22 heavy (non-hydrogen) atoms. The van der Waals surface area contributed by atoms with Gasteiger partial charge in [-0.25, -0.2) is 4.39 Å². The van der Waals surface area contributed by atoms with Crippen LogP contribution in [0.15, 0.2) is 46.9 Å². The fourth-order valence-corrected chi connectivity index (χ4v) is 2.06. The van der Waals surface area contributed by atoms with Gasteiger partial charge in [-0.15, -0.1) is 0 Å². The van der Waals surface area contributed by atoms with E-state index in [1.54, 1.807) is 30.3 Å². The van der Waals surface area contributed by atoms with Crippen molar-refractivity contribution in [2.45, 2.75) is 13.0 Å². The summed E-state index contributed by atoms with van der Waals surface area (Å²) in [5.41, 5.74) is 0.397. The normalized spacial score (nSPS) is 11.4. The number of benzene rings is 2. The van der Waals surface area contributed by atoms with Crippen LogP contribution in [0.5, 0.6) is 5.75 Å². The van der Waals surface area contributed by atoms with Crippen molar-refractivity contribution in [1.82, 2.24) is 0 Å². The number of nitrogens with zero attached hydrogens (tertiary/aromatic N) is 1. The summed E-state index contributed by atoms with van der Waals surface area (Å²) < 4.78 is 19.7. The number of amides is 1. The van der Waals surface area contributed by atoms with Gasteiger partial charge in [0.25, 0.3) is 5.91 Å². The van der Waals surface area contributed by atoms with Crippen LogP contribution in [-0.2, 0) is 4.79 Å². The van der Waals surface area contributed by atoms with E-state index in [1.165, 1.54) is 19.1 Å². The summed E-state index contributed by atoms with van der Waals surface area (Å²) in [5.74, 6) is -0.745. The number of nitrogens with one attached hydrogen (secondary N) is 1. The fourth-order valence-electron chi connectivity index (χ4n) is 1.73. The first-order chi connectivity index (χ1) is 10.5. The molecule has 0 bridgehead atoms. The Bertz CT molecular complexity index is 743. The number of carbonyl (C=O) groups excluding carboxylic acids is 1. The van der Waals surface area contributed by atoms with Crippen LogP contribution in [-0.4, -0.2) is 12.0 Å². The van der Waals surface area contributed by atoms with Gasteiger partial charge in [0, 0.05) is 4.47 Å². The van der Waals surface area contributed by atoms with E-state index in [2.05, 4.69) is 21.2 Å². The SMILES string of the molecule is CC(Oc1ccccc1C#N)C(=O)Nc1ccc(Br)cc1F. The average molecular weight is 363 g/mol. The lowest BCUT2D eigenvalue weighted by molar-refractivity contribution is -0.122. The summed E-state index contributed by atoms with van der Waals surface area (Å²) in [6, 6.07) is 12.9. The molecule has 0 aliphatic heterocycles. The van der Waals surface area contributed by atoms with E-state index in [1.807, 2.05) is 6.07 Å². The molecule has 1 N–H and O–H groups in total. The third-order valence-corrected chi connectivity index (χ3v) is 3.36. The predicted octanol–water partition coefficient (Wildman–Crippen LogP) is 3.87. The highest BCUT2D eigenvalue weighted by molar-refractivity contribution is 9.10. The highest BCUT2D eigenvalue weighted by atomic mass is 79.9. The van der Waals surface area contributed by atoms with Crippen LogP contribution in [0.2, 0.25) is 0 Å². The van der Waals surface area contributed by atoms with Crippen LogP contribution in [0.3, 0.4) is 0 Å². The number of para-hydroxylation sites is 1. The number of halogens is 2. The molecule has 0 saturated carbocycles. The number of rotatable bonds is 4. The van der Waals surface area contributed by atoms with E-state index in [0.29, 0.717) is 15.8 Å². The van der Waals surface area contributed by atoms with Crippen LogP contribution in [0, 0.1) is 17.1 Å². The quantitative estimate of drug-likeness (QED) is 0.897. The first kappa shape index (κ1) is 16.0. The fraction of sp³-hybridized carbons (Fsp3) is 0.125. The van der Waals surface area contributed by atoms with Crippen molar-refractivity contribution in [3.05, 3.63) is 58.3 Å². The highest BCUT2D eigenvalue weighted by Gasteiger charge is 2.17. The first-order valence-corrected chi connectivity index (χ1v) is 7.22. The maximum Gasteiger partial charge on any atom is 0.265 e. The second-order valence-electron chi connectivity index (χ2n) is 4.48. The molecule has 1 atom stereocenters. The molecule has 1 unspecified atom stereocenters. The smallest absolute Gasteiger partial charge is 0.265 e. The summed E-state index contributed by atoms with van der Waals surface area (Å²) in [6.45, 7) is 1.53. The van der Waals surface area contributed by atoms with E-state index >= 15 is 0 Å². The van der Waals surface area contributed by atoms with Crippen molar-refractivity contribution in [2.24, 2.45) is 0 Å². The van der Waals surface area contributed by atoms with Gasteiger partial charge < -0.3 is 10.1 Å². The zero-order valence-electron chi connectivity index (χ0n) is 11.6. The molecule has 0 fully saturated rings. The molecule has 2 aromatic carbocycles. The van der Waals surface area contributed by atoms with Crippen molar-refractivity contribution in [2.75, 3.05) is 5.32 Å². The van der Waals surface area contributed by atoms with Crippen LogP contribution in [0.1, 0.15) is 12.5 Å². The van der Waals surface area contributed by atoms with Crippen molar-refractivity contribution in [1.29, 1.82) is 5.26 Å². The Hall–Kier alpha value is -2.39. The Morgan fingerprint density at radius 1 is 1.36 bits per heavy atom. The Morgan fingerprint density at radius 3 is 2.77 bits per heavy atom. The van der Waals surface area contributed by atoms with Gasteiger partial charge in [-0.2, -0.15) is 5.26 Å². The lowest BCUT2D eigenvalue weighted by Gasteiger charge is -2.15. The zero-order valence-corrected chi connectivity index (χ0v) is 13.2. The summed E-state index contributed by atoms with van der Waals surface area (Å²) in [4.78, 5) is 12.1. The Morgan fingerprint density at radius 2 is 2.09 bits per heavy atom. The van der Waals surface area contributed by atoms with E-state index in [-0.39, 0.29) is 5.69 Å². The van der Waals surface area contributed by atoms with Gasteiger partial charge in [0.15, 0.2) is 6.10 Å². The van der Waals surface area contributed by atoms with Gasteiger partial charge in [0.1, 0.15) is 17.6 Å². The standard InChI is InChI=1S/C16H12BrFN2O2/c1-10(22-15-5-3-2-4-11(15)9-19)16(21)20-14-7-6-12(17)8-13(14)18/h2-8,10H,1H3,(H,20,21). The molecule has 6 heteroatoms. The maximum atomic E-state index is 13.7. The third kappa shape index (κ3) is 3.83. The minimum atomic E-state index is -0.877. The molecular formula is C16H12BrFN2O2. The van der Waals surface area contributed by atoms with Crippen molar-refractivity contribution in [3.8, 4) is 11.8 Å². The maximum absolute atomic E-state index is 13.7. The molecule has 0 aromatic heterocycles. The lowest BCUT2D eigenvalue weighted by atomic mass is 10.2. The molecule has 0 heterocycles. The third-order valence-electron chi connectivity index (χ3n) is 2.87. The Kier molecular flexibility index (Phi) is 5.12. The van der Waals surface area contributed by atoms with Crippen LogP contribution in [0.25, 0.3) is 0 Å². The van der Waals surface area contributed by atoms with Gasteiger partial charge in [0.2, 0.25) is 0 Å².